The molecule has 15 heavy (non-hydrogen) atoms. The van der Waals surface area contributed by atoms with Gasteiger partial charge in [0.1, 0.15) is 0 Å². The lowest BCUT2D eigenvalue weighted by Gasteiger charge is -2.18. The van der Waals surface area contributed by atoms with E-state index in [1.165, 1.54) is 7.11 Å². The number of methoxy groups -OCH3 is 1. The van der Waals surface area contributed by atoms with Crippen LogP contribution in [-0.2, 0) is 14.3 Å². The van der Waals surface area contributed by atoms with Gasteiger partial charge in [0.05, 0.1) is 13.5 Å². The number of esters is 1. The Hall–Kier alpha value is -1.12. The molecule has 0 unspecified atom stereocenters. The van der Waals surface area contributed by atoms with Crippen molar-refractivity contribution < 1.29 is 14.3 Å². The molecule has 0 heterocycles. The van der Waals surface area contributed by atoms with E-state index < -0.39 is 0 Å². The molecule has 0 bridgehead atoms. The van der Waals surface area contributed by atoms with Crippen molar-refractivity contribution in [3.63, 3.8) is 0 Å². The van der Waals surface area contributed by atoms with Gasteiger partial charge < -0.3 is 4.74 Å². The molecule has 84 valence electrons. The third-order valence-electron chi connectivity index (χ3n) is 2.73. The fourth-order valence-electron chi connectivity index (χ4n) is 1.97. The van der Waals surface area contributed by atoms with Crippen molar-refractivity contribution in [3.05, 3.63) is 11.1 Å². The van der Waals surface area contributed by atoms with E-state index in [0.717, 1.165) is 36.8 Å². The Morgan fingerprint density at radius 3 is 2.73 bits per heavy atom. The zero-order valence-corrected chi connectivity index (χ0v) is 9.47. The van der Waals surface area contributed by atoms with Crippen molar-refractivity contribution in [1.82, 2.24) is 0 Å². The van der Waals surface area contributed by atoms with Crippen LogP contribution >= 0.6 is 0 Å². The second-order valence-corrected chi connectivity index (χ2v) is 3.86. The van der Waals surface area contributed by atoms with Crippen molar-refractivity contribution in [3.8, 4) is 0 Å². The smallest absolute Gasteiger partial charge is 0.309 e. The van der Waals surface area contributed by atoms with E-state index in [0.29, 0.717) is 6.42 Å². The number of allylic oxidation sites excluding steroid dienone is 1. The lowest BCUT2D eigenvalue weighted by atomic mass is 9.86. The van der Waals surface area contributed by atoms with E-state index >= 15 is 0 Å². The molecule has 3 heteroatoms. The van der Waals surface area contributed by atoms with Gasteiger partial charge in [0, 0.05) is 6.42 Å². The maximum absolute atomic E-state index is 11.7. The van der Waals surface area contributed by atoms with Crippen LogP contribution in [0.4, 0.5) is 0 Å². The molecular formula is C12H18O3. The van der Waals surface area contributed by atoms with Gasteiger partial charge in [-0.2, -0.15) is 0 Å². The zero-order chi connectivity index (χ0) is 11.3. The van der Waals surface area contributed by atoms with Crippen molar-refractivity contribution in [2.75, 3.05) is 7.11 Å². The summed E-state index contributed by atoms with van der Waals surface area (Å²) in [5.74, 6) is -0.0182. The second-order valence-electron chi connectivity index (χ2n) is 3.86. The number of hydrogen-bond donors (Lipinski definition) is 0. The molecule has 1 rings (SSSR count). The Morgan fingerprint density at radius 1 is 1.40 bits per heavy atom. The fourth-order valence-corrected chi connectivity index (χ4v) is 1.97. The molecule has 0 N–H and O–H groups in total. The fraction of sp³-hybridized carbons (Fsp3) is 0.667. The quantitative estimate of drug-likeness (QED) is 0.669. The number of hydrogen-bond acceptors (Lipinski definition) is 3. The Balaban J connectivity index is 2.81. The predicted molar refractivity (Wildman–Crippen MR) is 57.4 cm³/mol. The van der Waals surface area contributed by atoms with Gasteiger partial charge in [-0.15, -0.1) is 0 Å². The number of carbonyl (C=O) groups is 2. The summed E-state index contributed by atoms with van der Waals surface area (Å²) >= 11 is 0. The number of Topliss-reactive ketones (excluding diaryl/α,β-unsaturated/α-hetero) is 1. The average molecular weight is 210 g/mol. The van der Waals surface area contributed by atoms with Gasteiger partial charge in [0.15, 0.2) is 5.78 Å². The summed E-state index contributed by atoms with van der Waals surface area (Å²) < 4.78 is 4.63. The SMILES string of the molecule is CCCC1=C(CC(=O)OC)CCCC1=O. The van der Waals surface area contributed by atoms with E-state index in [9.17, 15) is 9.59 Å². The molecule has 0 spiro atoms. The van der Waals surface area contributed by atoms with Gasteiger partial charge in [0.2, 0.25) is 0 Å². The first-order valence-electron chi connectivity index (χ1n) is 5.50. The summed E-state index contributed by atoms with van der Waals surface area (Å²) in [7, 11) is 1.38. The summed E-state index contributed by atoms with van der Waals surface area (Å²) in [5.41, 5.74) is 1.88. The molecule has 1 aliphatic rings. The highest BCUT2D eigenvalue weighted by Crippen LogP contribution is 2.27. The molecule has 1 aliphatic carbocycles. The van der Waals surface area contributed by atoms with Crippen LogP contribution < -0.4 is 0 Å². The van der Waals surface area contributed by atoms with Crippen LogP contribution in [0.3, 0.4) is 0 Å². The zero-order valence-electron chi connectivity index (χ0n) is 9.47. The number of ketones is 1. The van der Waals surface area contributed by atoms with Gasteiger partial charge in [0.25, 0.3) is 0 Å². The van der Waals surface area contributed by atoms with E-state index in [-0.39, 0.29) is 18.2 Å². The summed E-state index contributed by atoms with van der Waals surface area (Å²) in [6.45, 7) is 2.05. The van der Waals surface area contributed by atoms with Gasteiger partial charge in [-0.25, -0.2) is 0 Å². The highest BCUT2D eigenvalue weighted by Gasteiger charge is 2.21. The van der Waals surface area contributed by atoms with Crippen molar-refractivity contribution in [2.24, 2.45) is 0 Å². The van der Waals surface area contributed by atoms with Crippen molar-refractivity contribution in [2.45, 2.75) is 45.4 Å². The summed E-state index contributed by atoms with van der Waals surface area (Å²) in [6.07, 6.45) is 4.42. The molecule has 0 amide bonds. The lowest BCUT2D eigenvalue weighted by molar-refractivity contribution is -0.139. The maximum Gasteiger partial charge on any atom is 0.309 e. The van der Waals surface area contributed by atoms with Crippen LogP contribution in [0, 0.1) is 0 Å². The molecule has 0 aliphatic heterocycles. The molecule has 0 aromatic rings. The number of carbonyl (C=O) groups excluding carboxylic acids is 2. The molecule has 0 aromatic carbocycles. The number of ether oxygens (including phenoxy) is 1. The molecule has 0 saturated carbocycles. The average Bonchev–Trinajstić information content (AvgIpc) is 2.23. The van der Waals surface area contributed by atoms with Crippen molar-refractivity contribution in [1.29, 1.82) is 0 Å². The van der Waals surface area contributed by atoms with Gasteiger partial charge in [-0.3, -0.25) is 9.59 Å². The topological polar surface area (TPSA) is 43.4 Å². The van der Waals surface area contributed by atoms with E-state index in [1.54, 1.807) is 0 Å². The normalized spacial score (nSPS) is 16.8. The Labute approximate surface area is 90.5 Å². The van der Waals surface area contributed by atoms with Gasteiger partial charge in [-0.1, -0.05) is 18.9 Å². The minimum atomic E-state index is -0.242. The first-order chi connectivity index (χ1) is 7.19. The second kappa shape index (κ2) is 5.69. The van der Waals surface area contributed by atoms with E-state index in [2.05, 4.69) is 4.74 Å². The highest BCUT2D eigenvalue weighted by atomic mass is 16.5. The summed E-state index contributed by atoms with van der Waals surface area (Å²) in [6, 6.07) is 0. The first-order valence-corrected chi connectivity index (χ1v) is 5.50. The number of rotatable bonds is 4. The van der Waals surface area contributed by atoms with Crippen LogP contribution in [0.25, 0.3) is 0 Å². The maximum atomic E-state index is 11.7. The minimum Gasteiger partial charge on any atom is -0.469 e. The van der Waals surface area contributed by atoms with Crippen LogP contribution in [0.2, 0.25) is 0 Å². The van der Waals surface area contributed by atoms with Gasteiger partial charge in [-0.05, 0) is 24.8 Å². The van der Waals surface area contributed by atoms with Crippen LogP contribution in [-0.4, -0.2) is 18.9 Å². The molecule has 0 atom stereocenters. The largest absolute Gasteiger partial charge is 0.469 e. The van der Waals surface area contributed by atoms with Crippen LogP contribution in [0.1, 0.15) is 45.4 Å². The van der Waals surface area contributed by atoms with Gasteiger partial charge >= 0.3 is 5.97 Å². The summed E-state index contributed by atoms with van der Waals surface area (Å²) in [5, 5.41) is 0. The lowest BCUT2D eigenvalue weighted by Crippen LogP contribution is -2.14. The van der Waals surface area contributed by atoms with Crippen molar-refractivity contribution >= 4 is 11.8 Å². The Bertz CT molecular complexity index is 289. The first kappa shape index (κ1) is 12.0. The predicted octanol–water partition coefficient (Wildman–Crippen LogP) is 2.40. The molecular weight excluding hydrogens is 192 g/mol. The van der Waals surface area contributed by atoms with Crippen LogP contribution in [0.15, 0.2) is 11.1 Å². The monoisotopic (exact) mass is 210 g/mol. The molecule has 0 aromatic heterocycles. The third-order valence-corrected chi connectivity index (χ3v) is 2.73. The minimum absolute atomic E-state index is 0.224. The standard InChI is InChI=1S/C12H18O3/c1-3-5-10-9(8-12(14)15-2)6-4-7-11(10)13/h3-8H2,1-2H3. The Morgan fingerprint density at radius 2 is 2.13 bits per heavy atom. The molecule has 0 fully saturated rings. The van der Waals surface area contributed by atoms with Crippen LogP contribution in [0.5, 0.6) is 0 Å². The molecule has 0 saturated heterocycles. The summed E-state index contributed by atoms with van der Waals surface area (Å²) in [4.78, 5) is 22.8. The van der Waals surface area contributed by atoms with E-state index in [1.807, 2.05) is 6.92 Å². The highest BCUT2D eigenvalue weighted by molar-refractivity contribution is 5.97. The Kier molecular flexibility index (Phi) is 4.53. The third kappa shape index (κ3) is 3.18. The molecule has 0 radical (unpaired) electrons. The van der Waals surface area contributed by atoms with E-state index in [4.69, 9.17) is 0 Å². The molecule has 3 nitrogen and oxygen atoms in total.